The van der Waals surface area contributed by atoms with E-state index in [9.17, 15) is 4.79 Å². The van der Waals surface area contributed by atoms with Gasteiger partial charge in [-0.25, -0.2) is 0 Å². The van der Waals surface area contributed by atoms with Crippen molar-refractivity contribution < 1.29 is 9.53 Å². The van der Waals surface area contributed by atoms with Crippen molar-refractivity contribution in [1.82, 2.24) is 14.5 Å². The van der Waals surface area contributed by atoms with Gasteiger partial charge in [-0.15, -0.1) is 5.10 Å². The minimum absolute atomic E-state index is 0.109. The van der Waals surface area contributed by atoms with Crippen molar-refractivity contribution in [3.8, 4) is 0 Å². The van der Waals surface area contributed by atoms with Crippen molar-refractivity contribution >= 4 is 17.4 Å². The highest BCUT2D eigenvalue weighted by molar-refractivity contribution is 7.08. The van der Waals surface area contributed by atoms with Crippen LogP contribution in [0.5, 0.6) is 0 Å². The molecule has 0 aliphatic heterocycles. The number of hydrogen-bond donors (Lipinski definition) is 0. The predicted octanol–water partition coefficient (Wildman–Crippen LogP) is 2.45. The van der Waals surface area contributed by atoms with Crippen molar-refractivity contribution in [3.05, 3.63) is 10.6 Å². The van der Waals surface area contributed by atoms with E-state index in [0.29, 0.717) is 18.1 Å². The molecule has 21 heavy (non-hydrogen) atoms. The van der Waals surface area contributed by atoms with Gasteiger partial charge in [0.2, 0.25) is 0 Å². The number of amides is 1. The van der Waals surface area contributed by atoms with Gasteiger partial charge in [0, 0.05) is 31.5 Å². The fourth-order valence-corrected chi connectivity index (χ4v) is 4.85. The molecule has 2 unspecified atom stereocenters. The Hall–Kier alpha value is -1.01. The topological polar surface area (TPSA) is 55.3 Å². The highest BCUT2D eigenvalue weighted by Crippen LogP contribution is 2.59. The second kappa shape index (κ2) is 4.74. The Kier molecular flexibility index (Phi) is 3.08. The second-order valence-corrected chi connectivity index (χ2v) is 7.49. The number of hydrogen-bond acceptors (Lipinski definition) is 5. The predicted molar refractivity (Wildman–Crippen MR) is 79.5 cm³/mol. The summed E-state index contributed by atoms with van der Waals surface area (Å²) >= 11 is 1.26. The Balaban J connectivity index is 1.53. The Morgan fingerprint density at radius 3 is 2.76 bits per heavy atom. The maximum atomic E-state index is 12.8. The van der Waals surface area contributed by atoms with Gasteiger partial charge in [0.15, 0.2) is 0 Å². The van der Waals surface area contributed by atoms with Crippen LogP contribution in [-0.4, -0.2) is 46.7 Å². The maximum Gasteiger partial charge on any atom is 0.267 e. The van der Waals surface area contributed by atoms with E-state index in [-0.39, 0.29) is 11.3 Å². The summed E-state index contributed by atoms with van der Waals surface area (Å²) in [6, 6.07) is 0.317. The lowest BCUT2D eigenvalue weighted by molar-refractivity contribution is -0.182. The first kappa shape index (κ1) is 13.6. The van der Waals surface area contributed by atoms with Crippen molar-refractivity contribution in [2.24, 2.45) is 5.41 Å². The molecule has 4 rings (SSSR count). The van der Waals surface area contributed by atoms with E-state index in [2.05, 4.69) is 9.59 Å². The van der Waals surface area contributed by atoms with E-state index in [1.165, 1.54) is 30.8 Å². The molecule has 1 amide bonds. The van der Waals surface area contributed by atoms with Gasteiger partial charge in [-0.1, -0.05) is 10.9 Å². The van der Waals surface area contributed by atoms with Crippen LogP contribution in [-0.2, 0) is 4.74 Å². The minimum atomic E-state index is 0.109. The number of rotatable bonds is 4. The molecule has 1 heterocycles. The zero-order valence-corrected chi connectivity index (χ0v) is 13.4. The lowest BCUT2D eigenvalue weighted by Gasteiger charge is -2.62. The molecule has 0 aromatic carbocycles. The summed E-state index contributed by atoms with van der Waals surface area (Å²) in [7, 11) is 3.73. The molecule has 1 aromatic heterocycles. The summed E-state index contributed by atoms with van der Waals surface area (Å²) < 4.78 is 9.62. The summed E-state index contributed by atoms with van der Waals surface area (Å²) in [6.45, 7) is 0. The molecule has 114 valence electrons. The van der Waals surface area contributed by atoms with Gasteiger partial charge in [-0.2, -0.15) is 0 Å². The first-order valence-corrected chi connectivity index (χ1v) is 8.57. The Bertz CT molecular complexity index is 565. The molecule has 0 bridgehead atoms. The summed E-state index contributed by atoms with van der Waals surface area (Å²) in [5.41, 5.74) is 1.15. The largest absolute Gasteiger partial charge is 0.381 e. The Labute approximate surface area is 128 Å². The molecule has 0 saturated heterocycles. The average Bonchev–Trinajstić information content (AvgIpc) is 3.13. The number of carbonyl (C=O) groups excluding carboxylic acids is 1. The summed E-state index contributed by atoms with van der Waals surface area (Å²) in [4.78, 5) is 15.5. The van der Waals surface area contributed by atoms with Gasteiger partial charge < -0.3 is 9.64 Å². The third-order valence-electron chi connectivity index (χ3n) is 5.77. The van der Waals surface area contributed by atoms with Crippen LogP contribution < -0.4 is 0 Å². The van der Waals surface area contributed by atoms with Crippen LogP contribution >= 0.6 is 11.5 Å². The number of aromatic nitrogens is 2. The second-order valence-electron chi connectivity index (χ2n) is 6.74. The van der Waals surface area contributed by atoms with E-state index in [1.54, 1.807) is 7.11 Å². The number of methoxy groups -OCH3 is 1. The van der Waals surface area contributed by atoms with E-state index in [4.69, 9.17) is 4.74 Å². The van der Waals surface area contributed by atoms with Gasteiger partial charge in [0.05, 0.1) is 11.8 Å². The maximum absolute atomic E-state index is 12.8. The number of nitrogens with zero attached hydrogens (tertiary/aromatic N) is 3. The first-order chi connectivity index (χ1) is 10.2. The summed E-state index contributed by atoms with van der Waals surface area (Å²) in [6.07, 6.45) is 7.21. The molecule has 3 aliphatic carbocycles. The van der Waals surface area contributed by atoms with Crippen LogP contribution in [0.3, 0.4) is 0 Å². The smallest absolute Gasteiger partial charge is 0.267 e. The Morgan fingerprint density at radius 1 is 1.43 bits per heavy atom. The van der Waals surface area contributed by atoms with Gasteiger partial charge in [-0.3, -0.25) is 4.79 Å². The zero-order chi connectivity index (χ0) is 14.6. The zero-order valence-electron chi connectivity index (χ0n) is 12.5. The molecule has 0 N–H and O–H groups in total. The molecule has 3 aliphatic rings. The number of carbonyl (C=O) groups is 1. The Morgan fingerprint density at radius 2 is 2.19 bits per heavy atom. The van der Waals surface area contributed by atoms with Crippen molar-refractivity contribution in [3.63, 3.8) is 0 Å². The highest BCUT2D eigenvalue weighted by atomic mass is 32.1. The molecule has 1 spiro atoms. The molecule has 3 fully saturated rings. The highest BCUT2D eigenvalue weighted by Gasteiger charge is 2.60. The summed E-state index contributed by atoms with van der Waals surface area (Å²) in [5.74, 6) is 0.583. The molecular formula is C15H21N3O2S. The molecule has 3 saturated carbocycles. The van der Waals surface area contributed by atoms with Crippen LogP contribution in [0.2, 0.25) is 0 Å². The van der Waals surface area contributed by atoms with Crippen LogP contribution in [0.1, 0.15) is 59.8 Å². The first-order valence-electron chi connectivity index (χ1n) is 7.79. The number of ether oxygens (including phenoxy) is 1. The molecule has 2 atom stereocenters. The molecule has 0 radical (unpaired) electrons. The fraction of sp³-hybridized carbons (Fsp3) is 0.800. The molecular weight excluding hydrogens is 286 g/mol. The van der Waals surface area contributed by atoms with E-state index in [0.717, 1.165) is 29.8 Å². The van der Waals surface area contributed by atoms with Crippen LogP contribution in [0.15, 0.2) is 0 Å². The van der Waals surface area contributed by atoms with Crippen LogP contribution in [0, 0.1) is 5.41 Å². The van der Waals surface area contributed by atoms with Crippen LogP contribution in [0.4, 0.5) is 0 Å². The molecule has 1 aromatic rings. The third kappa shape index (κ3) is 1.88. The van der Waals surface area contributed by atoms with Crippen molar-refractivity contribution in [2.45, 2.75) is 56.6 Å². The molecule has 5 nitrogen and oxygen atoms in total. The van der Waals surface area contributed by atoms with Crippen molar-refractivity contribution in [2.75, 3.05) is 14.2 Å². The fourth-order valence-electron chi connectivity index (χ4n) is 4.11. The lowest BCUT2D eigenvalue weighted by Crippen LogP contribution is -2.67. The lowest BCUT2D eigenvalue weighted by atomic mass is 9.50. The standard InChI is InChI=1S/C15H21N3O2S/c1-18(10-8-11(20-2)15(10)6-3-7-15)14(19)13-12(9-4-5-9)16-17-21-13/h9-11H,3-8H2,1-2H3. The van der Waals surface area contributed by atoms with Gasteiger partial charge >= 0.3 is 0 Å². The van der Waals surface area contributed by atoms with Crippen LogP contribution in [0.25, 0.3) is 0 Å². The van der Waals surface area contributed by atoms with Gasteiger partial charge in [0.1, 0.15) is 4.88 Å². The average molecular weight is 307 g/mol. The SMILES string of the molecule is COC1CC(N(C)C(=O)c2snnc2C2CC2)C12CCC2. The molecule has 6 heteroatoms. The van der Waals surface area contributed by atoms with E-state index < -0.39 is 0 Å². The monoisotopic (exact) mass is 307 g/mol. The van der Waals surface area contributed by atoms with E-state index >= 15 is 0 Å². The minimum Gasteiger partial charge on any atom is -0.381 e. The quantitative estimate of drug-likeness (QED) is 0.857. The van der Waals surface area contributed by atoms with Gasteiger partial charge in [-0.05, 0) is 43.6 Å². The van der Waals surface area contributed by atoms with Gasteiger partial charge in [0.25, 0.3) is 5.91 Å². The van der Waals surface area contributed by atoms with E-state index in [1.807, 2.05) is 11.9 Å². The summed E-state index contributed by atoms with van der Waals surface area (Å²) in [5, 5.41) is 4.18. The third-order valence-corrected chi connectivity index (χ3v) is 6.50. The van der Waals surface area contributed by atoms with Crippen molar-refractivity contribution in [1.29, 1.82) is 0 Å². The normalized spacial score (nSPS) is 29.8.